The zero-order chi connectivity index (χ0) is 19.5. The SMILES string of the molecule is CCCCCCCCCCCCCCCCC(CS(=O)(=O)O)OCCC.[NaH]. The van der Waals surface area contributed by atoms with E-state index < -0.39 is 10.1 Å². The monoisotopic (exact) mass is 416 g/mol. The summed E-state index contributed by atoms with van der Waals surface area (Å²) in [4.78, 5) is 0. The summed E-state index contributed by atoms with van der Waals surface area (Å²) >= 11 is 0. The van der Waals surface area contributed by atoms with E-state index in [9.17, 15) is 8.42 Å². The first-order valence-electron chi connectivity index (χ1n) is 11.1. The van der Waals surface area contributed by atoms with Crippen LogP contribution < -0.4 is 0 Å². The summed E-state index contributed by atoms with van der Waals surface area (Å²) in [7, 11) is -3.95. The summed E-state index contributed by atoms with van der Waals surface area (Å²) in [5.41, 5.74) is 0. The van der Waals surface area contributed by atoms with Crippen molar-refractivity contribution in [1.82, 2.24) is 0 Å². The van der Waals surface area contributed by atoms with Gasteiger partial charge in [-0.2, -0.15) is 8.42 Å². The van der Waals surface area contributed by atoms with Crippen molar-refractivity contribution in [2.45, 2.75) is 123 Å². The van der Waals surface area contributed by atoms with Gasteiger partial charge < -0.3 is 4.74 Å². The Balaban J connectivity index is 0. The van der Waals surface area contributed by atoms with Gasteiger partial charge in [-0.1, -0.05) is 104 Å². The molecule has 0 aromatic rings. The second-order valence-corrected chi connectivity index (χ2v) is 9.12. The topological polar surface area (TPSA) is 63.6 Å². The summed E-state index contributed by atoms with van der Waals surface area (Å²) in [6.07, 6.45) is 19.6. The summed E-state index contributed by atoms with van der Waals surface area (Å²) in [5, 5.41) is 0. The predicted octanol–water partition coefficient (Wildman–Crippen LogP) is 5.89. The van der Waals surface area contributed by atoms with Crippen LogP contribution in [0.3, 0.4) is 0 Å². The Labute approximate surface area is 191 Å². The van der Waals surface area contributed by atoms with Crippen molar-refractivity contribution in [2.24, 2.45) is 0 Å². The van der Waals surface area contributed by atoms with Crippen LogP contribution in [-0.4, -0.2) is 61.0 Å². The van der Waals surface area contributed by atoms with Crippen LogP contribution in [0.15, 0.2) is 0 Å². The molecule has 0 amide bonds. The van der Waals surface area contributed by atoms with Gasteiger partial charge in [-0.25, -0.2) is 0 Å². The second-order valence-electron chi connectivity index (χ2n) is 7.63. The number of rotatable bonds is 20. The molecule has 0 bridgehead atoms. The molecule has 0 aliphatic carbocycles. The van der Waals surface area contributed by atoms with E-state index in [0.717, 1.165) is 25.7 Å². The molecule has 1 N–H and O–H groups in total. The van der Waals surface area contributed by atoms with E-state index in [4.69, 9.17) is 9.29 Å². The molecular formula is C21H45NaO4S. The minimum absolute atomic E-state index is 0. The number of hydrogen-bond acceptors (Lipinski definition) is 3. The van der Waals surface area contributed by atoms with Crippen molar-refractivity contribution in [1.29, 1.82) is 0 Å². The molecule has 0 aliphatic heterocycles. The Kier molecular flexibility index (Phi) is 24.0. The summed E-state index contributed by atoms with van der Waals surface area (Å²) in [6, 6.07) is 0. The van der Waals surface area contributed by atoms with E-state index in [1.54, 1.807) is 0 Å². The molecule has 0 spiro atoms. The van der Waals surface area contributed by atoms with E-state index in [1.807, 2.05) is 6.92 Å². The van der Waals surface area contributed by atoms with Crippen LogP contribution in [0.1, 0.15) is 117 Å². The van der Waals surface area contributed by atoms with Crippen LogP contribution in [0.2, 0.25) is 0 Å². The average Bonchev–Trinajstić information content (AvgIpc) is 2.58. The Bertz CT molecular complexity index is 388. The number of hydrogen-bond donors (Lipinski definition) is 1. The minimum atomic E-state index is -3.95. The van der Waals surface area contributed by atoms with Gasteiger partial charge >= 0.3 is 29.6 Å². The quantitative estimate of drug-likeness (QED) is 0.153. The predicted molar refractivity (Wildman–Crippen MR) is 119 cm³/mol. The fourth-order valence-electron chi connectivity index (χ4n) is 3.30. The first kappa shape index (κ1) is 30.1. The fourth-order valence-corrected chi connectivity index (χ4v) is 4.03. The van der Waals surface area contributed by atoms with E-state index in [-0.39, 0.29) is 41.4 Å². The van der Waals surface area contributed by atoms with Crippen LogP contribution in [-0.2, 0) is 14.9 Å². The third-order valence-corrected chi connectivity index (χ3v) is 5.63. The maximum absolute atomic E-state index is 11.0. The third kappa shape index (κ3) is 24.8. The average molecular weight is 417 g/mol. The van der Waals surface area contributed by atoms with E-state index in [2.05, 4.69) is 6.92 Å². The van der Waals surface area contributed by atoms with E-state index in [1.165, 1.54) is 77.0 Å². The maximum atomic E-state index is 11.0. The van der Waals surface area contributed by atoms with Crippen LogP contribution in [0.25, 0.3) is 0 Å². The summed E-state index contributed by atoms with van der Waals surface area (Å²) in [5.74, 6) is -0.272. The Morgan fingerprint density at radius 1 is 0.704 bits per heavy atom. The van der Waals surface area contributed by atoms with Crippen molar-refractivity contribution in [3.63, 3.8) is 0 Å². The van der Waals surface area contributed by atoms with Crippen LogP contribution in [0, 0.1) is 0 Å². The molecule has 0 radical (unpaired) electrons. The van der Waals surface area contributed by atoms with Gasteiger partial charge in [-0.15, -0.1) is 0 Å². The molecule has 0 aromatic heterocycles. The third-order valence-electron chi connectivity index (χ3n) is 4.83. The van der Waals surface area contributed by atoms with Gasteiger partial charge in [0, 0.05) is 6.61 Å². The molecule has 27 heavy (non-hydrogen) atoms. The van der Waals surface area contributed by atoms with E-state index >= 15 is 0 Å². The molecule has 1 unspecified atom stereocenters. The van der Waals surface area contributed by atoms with Gasteiger partial charge in [0.15, 0.2) is 0 Å². The molecule has 6 heteroatoms. The number of ether oxygens (including phenoxy) is 1. The molecule has 0 fully saturated rings. The van der Waals surface area contributed by atoms with Gasteiger partial charge in [0.25, 0.3) is 10.1 Å². The molecule has 0 rings (SSSR count). The van der Waals surface area contributed by atoms with E-state index in [0.29, 0.717) is 6.61 Å². The molecule has 160 valence electrons. The second kappa shape index (κ2) is 21.6. The standard InChI is InChI=1S/C21H44O4S.Na.H/c1-3-5-6-7-8-9-10-11-12-13-14-15-16-17-18-21(25-19-4-2)20-26(22,23)24;;/h21H,3-20H2,1-2H3,(H,22,23,24);;. The van der Waals surface area contributed by atoms with Crippen LogP contribution in [0.5, 0.6) is 0 Å². The molecule has 1 atom stereocenters. The Morgan fingerprint density at radius 3 is 1.48 bits per heavy atom. The Morgan fingerprint density at radius 2 is 1.11 bits per heavy atom. The van der Waals surface area contributed by atoms with Gasteiger partial charge in [-0.3, -0.25) is 4.55 Å². The normalized spacial score (nSPS) is 12.7. The van der Waals surface area contributed by atoms with Crippen LogP contribution in [0.4, 0.5) is 0 Å². The first-order valence-corrected chi connectivity index (χ1v) is 12.7. The van der Waals surface area contributed by atoms with Crippen molar-refractivity contribution < 1.29 is 17.7 Å². The molecule has 0 aromatic carbocycles. The van der Waals surface area contributed by atoms with Gasteiger partial charge in [0.05, 0.1) is 6.10 Å². The molecule has 0 heterocycles. The zero-order valence-electron chi connectivity index (χ0n) is 17.4. The van der Waals surface area contributed by atoms with Crippen LogP contribution >= 0.6 is 0 Å². The van der Waals surface area contributed by atoms with Crippen molar-refractivity contribution in [3.8, 4) is 0 Å². The number of unbranched alkanes of at least 4 members (excludes halogenated alkanes) is 13. The fraction of sp³-hybridized carbons (Fsp3) is 1.00. The molecule has 0 saturated heterocycles. The molecule has 4 nitrogen and oxygen atoms in total. The van der Waals surface area contributed by atoms with Gasteiger partial charge in [-0.05, 0) is 12.8 Å². The Hall–Kier alpha value is 0.870. The van der Waals surface area contributed by atoms with Crippen molar-refractivity contribution in [3.05, 3.63) is 0 Å². The summed E-state index contributed by atoms with van der Waals surface area (Å²) < 4.78 is 36.6. The zero-order valence-corrected chi connectivity index (χ0v) is 18.2. The van der Waals surface area contributed by atoms with Crippen molar-refractivity contribution in [2.75, 3.05) is 12.4 Å². The van der Waals surface area contributed by atoms with Gasteiger partial charge in [0.2, 0.25) is 0 Å². The molecular weight excluding hydrogens is 371 g/mol. The summed E-state index contributed by atoms with van der Waals surface area (Å²) in [6.45, 7) is 4.81. The van der Waals surface area contributed by atoms with Gasteiger partial charge in [0.1, 0.15) is 5.75 Å². The first-order chi connectivity index (χ1) is 12.5. The molecule has 0 aliphatic rings. The molecule has 0 saturated carbocycles. The van der Waals surface area contributed by atoms with Crippen molar-refractivity contribution >= 4 is 39.7 Å².